The zero-order valence-electron chi connectivity index (χ0n) is 13.5. The Bertz CT molecular complexity index is 936. The number of anilines is 1. The van der Waals surface area contributed by atoms with Crippen molar-refractivity contribution in [2.45, 2.75) is 32.6 Å². The van der Waals surface area contributed by atoms with Gasteiger partial charge in [-0.1, -0.05) is 41.9 Å². The molecular formula is C18H18BrN3O2. The molecule has 5 nitrogen and oxygen atoms in total. The molecule has 2 aliphatic rings. The topological polar surface area (TPSA) is 77.8 Å². The first-order chi connectivity index (χ1) is 11.4. The average Bonchev–Trinajstić information content (AvgIpc) is 2.85. The van der Waals surface area contributed by atoms with Crippen LogP contribution in [-0.4, -0.2) is 16.0 Å². The molecule has 0 saturated heterocycles. The summed E-state index contributed by atoms with van der Waals surface area (Å²) in [5.41, 5.74) is 2.90. The molecule has 6 heteroatoms. The van der Waals surface area contributed by atoms with Crippen molar-refractivity contribution in [3.05, 3.63) is 61.5 Å². The first kappa shape index (κ1) is 15.4. The van der Waals surface area contributed by atoms with Gasteiger partial charge in [0.2, 0.25) is 0 Å². The van der Waals surface area contributed by atoms with Gasteiger partial charge in [-0.15, -0.1) is 0 Å². The quantitative estimate of drug-likeness (QED) is 0.698. The van der Waals surface area contributed by atoms with Gasteiger partial charge < -0.3 is 5.32 Å². The molecule has 0 bridgehead atoms. The Balaban J connectivity index is 1.96. The molecule has 124 valence electrons. The largest absolute Gasteiger partial charge is 0.343 e. The van der Waals surface area contributed by atoms with Crippen LogP contribution in [0.3, 0.4) is 0 Å². The number of nitrogens with one attached hydrogen (secondary N) is 3. The maximum Gasteiger partial charge on any atom is 0.270 e. The first-order valence-electron chi connectivity index (χ1n) is 7.95. The van der Waals surface area contributed by atoms with E-state index in [0.717, 1.165) is 27.7 Å². The second-order valence-corrected chi connectivity index (χ2v) is 8.23. The van der Waals surface area contributed by atoms with E-state index >= 15 is 0 Å². The van der Waals surface area contributed by atoms with Crippen LogP contribution in [0.4, 0.5) is 5.82 Å². The Morgan fingerprint density at radius 2 is 1.96 bits per heavy atom. The summed E-state index contributed by atoms with van der Waals surface area (Å²) in [6.45, 7) is 4.19. The summed E-state index contributed by atoms with van der Waals surface area (Å²) < 4.78 is 0.929. The van der Waals surface area contributed by atoms with Gasteiger partial charge in [0, 0.05) is 28.1 Å². The van der Waals surface area contributed by atoms with Crippen LogP contribution in [-0.2, 0) is 4.79 Å². The summed E-state index contributed by atoms with van der Waals surface area (Å²) in [6, 6.07) is 7.81. The predicted molar refractivity (Wildman–Crippen MR) is 96.1 cm³/mol. The third kappa shape index (κ3) is 2.36. The summed E-state index contributed by atoms with van der Waals surface area (Å²) in [5.74, 6) is 0.437. The fourth-order valence-corrected chi connectivity index (χ4v) is 4.25. The van der Waals surface area contributed by atoms with Crippen LogP contribution in [0.5, 0.6) is 0 Å². The van der Waals surface area contributed by atoms with Crippen LogP contribution < -0.4 is 10.9 Å². The molecule has 0 radical (unpaired) electrons. The number of allylic oxidation sites excluding steroid dienone is 2. The molecule has 0 amide bonds. The van der Waals surface area contributed by atoms with E-state index in [0.29, 0.717) is 17.8 Å². The lowest BCUT2D eigenvalue weighted by molar-refractivity contribution is -0.118. The third-order valence-electron chi connectivity index (χ3n) is 4.77. The zero-order valence-corrected chi connectivity index (χ0v) is 15.1. The van der Waals surface area contributed by atoms with E-state index in [1.807, 2.05) is 24.3 Å². The van der Waals surface area contributed by atoms with Crippen molar-refractivity contribution < 1.29 is 4.79 Å². The van der Waals surface area contributed by atoms with Gasteiger partial charge in [-0.3, -0.25) is 19.8 Å². The second-order valence-electron chi connectivity index (χ2n) is 7.31. The Morgan fingerprint density at radius 3 is 2.71 bits per heavy atom. The van der Waals surface area contributed by atoms with E-state index in [1.165, 1.54) is 0 Å². The lowest BCUT2D eigenvalue weighted by atomic mass is 9.69. The van der Waals surface area contributed by atoms with Gasteiger partial charge >= 0.3 is 0 Å². The van der Waals surface area contributed by atoms with Crippen molar-refractivity contribution in [2.75, 3.05) is 5.32 Å². The number of Topliss-reactive ketones (excluding diaryl/α,β-unsaturated/α-hetero) is 1. The van der Waals surface area contributed by atoms with Gasteiger partial charge in [-0.05, 0) is 29.5 Å². The molecule has 24 heavy (non-hydrogen) atoms. The van der Waals surface area contributed by atoms with Crippen LogP contribution in [0.1, 0.15) is 43.7 Å². The minimum atomic E-state index is -0.340. The number of aromatic amines is 2. The molecule has 1 aromatic carbocycles. The average molecular weight is 388 g/mol. The Kier molecular flexibility index (Phi) is 3.35. The van der Waals surface area contributed by atoms with E-state index in [4.69, 9.17) is 0 Å². The smallest absolute Gasteiger partial charge is 0.270 e. The lowest BCUT2D eigenvalue weighted by Gasteiger charge is -2.37. The number of aromatic nitrogens is 2. The molecule has 0 saturated carbocycles. The molecule has 1 aliphatic carbocycles. The van der Waals surface area contributed by atoms with Gasteiger partial charge in [-0.2, -0.15) is 0 Å². The minimum absolute atomic E-state index is 0.0845. The zero-order chi connectivity index (χ0) is 17.1. The van der Waals surface area contributed by atoms with Gasteiger partial charge in [0.15, 0.2) is 5.78 Å². The molecule has 4 rings (SSSR count). The van der Waals surface area contributed by atoms with Crippen molar-refractivity contribution in [3.63, 3.8) is 0 Å². The van der Waals surface area contributed by atoms with E-state index < -0.39 is 0 Å². The molecule has 2 heterocycles. The first-order valence-corrected chi connectivity index (χ1v) is 8.74. The second kappa shape index (κ2) is 5.21. The van der Waals surface area contributed by atoms with Crippen LogP contribution in [0.25, 0.3) is 0 Å². The molecule has 0 fully saturated rings. The molecule has 0 spiro atoms. The normalized spacial score (nSPS) is 22.0. The molecule has 1 aromatic heterocycles. The fourth-order valence-electron chi connectivity index (χ4n) is 3.84. The summed E-state index contributed by atoms with van der Waals surface area (Å²) in [4.78, 5) is 25.3. The molecule has 0 unspecified atom stereocenters. The van der Waals surface area contributed by atoms with Gasteiger partial charge in [0.05, 0.1) is 5.56 Å². The van der Waals surface area contributed by atoms with Gasteiger partial charge in [0.1, 0.15) is 5.82 Å². The number of benzene rings is 1. The minimum Gasteiger partial charge on any atom is -0.343 e. The van der Waals surface area contributed by atoms with Crippen LogP contribution in [0.2, 0.25) is 0 Å². The third-order valence-corrected chi connectivity index (χ3v) is 5.26. The van der Waals surface area contributed by atoms with Gasteiger partial charge in [-0.25, -0.2) is 0 Å². The summed E-state index contributed by atoms with van der Waals surface area (Å²) in [6.07, 6.45) is 1.28. The summed E-state index contributed by atoms with van der Waals surface area (Å²) in [5, 5.41) is 8.84. The highest BCUT2D eigenvalue weighted by atomic mass is 79.9. The Hall–Kier alpha value is -2.08. The number of carbonyl (C=O) groups excluding carboxylic acids is 1. The highest BCUT2D eigenvalue weighted by molar-refractivity contribution is 9.10. The fraction of sp³-hybridized carbons (Fsp3) is 0.333. The molecular weight excluding hydrogens is 370 g/mol. The molecule has 1 aliphatic heterocycles. The number of hydrogen-bond donors (Lipinski definition) is 3. The Morgan fingerprint density at radius 1 is 1.17 bits per heavy atom. The number of carbonyl (C=O) groups is 1. The molecule has 3 N–H and O–H groups in total. The van der Waals surface area contributed by atoms with Crippen LogP contribution >= 0.6 is 15.9 Å². The predicted octanol–water partition coefficient (Wildman–Crippen LogP) is 3.67. The number of halogens is 1. The maximum absolute atomic E-state index is 12.9. The van der Waals surface area contributed by atoms with E-state index in [2.05, 4.69) is 45.3 Å². The number of rotatable bonds is 1. The van der Waals surface area contributed by atoms with E-state index in [9.17, 15) is 9.59 Å². The van der Waals surface area contributed by atoms with Crippen molar-refractivity contribution in [2.24, 2.45) is 5.41 Å². The van der Waals surface area contributed by atoms with Crippen LogP contribution in [0.15, 0.2) is 44.8 Å². The standard InChI is InChI=1S/C18H18BrN3O2/c1-18(2)7-11-14(12(23)8-18)13(9-4-3-5-10(19)6-9)15-16(20-11)21-22-17(15)24/h3-6,13H,7-8H2,1-2H3,(H3,20,21,22,24)/t13-/m0/s1. The SMILES string of the molecule is CC1(C)CC(=O)C2=C(C1)Nc1[nH][nH]c(=O)c1[C@H]2c1cccc(Br)c1. The van der Waals surface area contributed by atoms with Crippen molar-refractivity contribution in [3.8, 4) is 0 Å². The Labute approximate surface area is 147 Å². The monoisotopic (exact) mass is 387 g/mol. The number of hydrogen-bond acceptors (Lipinski definition) is 3. The van der Waals surface area contributed by atoms with Crippen molar-refractivity contribution in [1.29, 1.82) is 0 Å². The number of fused-ring (bicyclic) bond motifs is 1. The molecule has 2 aromatic rings. The highest BCUT2D eigenvalue weighted by Crippen LogP contribution is 2.47. The van der Waals surface area contributed by atoms with Crippen LogP contribution in [0, 0.1) is 5.41 Å². The van der Waals surface area contributed by atoms with Gasteiger partial charge in [0.25, 0.3) is 5.56 Å². The van der Waals surface area contributed by atoms with E-state index in [-0.39, 0.29) is 22.7 Å². The van der Waals surface area contributed by atoms with Crippen molar-refractivity contribution in [1.82, 2.24) is 10.2 Å². The number of H-pyrrole nitrogens is 2. The van der Waals surface area contributed by atoms with E-state index in [1.54, 1.807) is 0 Å². The molecule has 1 atom stereocenters. The highest BCUT2D eigenvalue weighted by Gasteiger charge is 2.42. The lowest BCUT2D eigenvalue weighted by Crippen LogP contribution is -2.34. The van der Waals surface area contributed by atoms with Crippen molar-refractivity contribution >= 4 is 27.5 Å². The maximum atomic E-state index is 12.9. The summed E-state index contributed by atoms with van der Waals surface area (Å²) >= 11 is 3.49. The number of ketones is 1. The summed E-state index contributed by atoms with van der Waals surface area (Å²) in [7, 11) is 0.